The molecule has 0 bridgehead atoms. The molecule has 2 rings (SSSR count). The lowest BCUT2D eigenvalue weighted by Crippen LogP contribution is -2.19. The Bertz CT molecular complexity index is 632. The van der Waals surface area contributed by atoms with Gasteiger partial charge in [0.05, 0.1) is 18.7 Å². The van der Waals surface area contributed by atoms with Gasteiger partial charge in [-0.2, -0.15) is 13.2 Å². The molecule has 4 nitrogen and oxygen atoms in total. The Labute approximate surface area is 112 Å². The van der Waals surface area contributed by atoms with Crippen molar-refractivity contribution >= 4 is 23.4 Å². The maximum Gasteiger partial charge on any atom is 0.411 e. The van der Waals surface area contributed by atoms with Crippen molar-refractivity contribution in [1.29, 1.82) is 0 Å². The SMILES string of the molecule is Cc1ccc2[nH]c(=S)n(CCOCC(F)(F)F)c2n1. The Morgan fingerprint density at radius 2 is 2.16 bits per heavy atom. The van der Waals surface area contributed by atoms with Gasteiger partial charge in [0.15, 0.2) is 10.4 Å². The van der Waals surface area contributed by atoms with Crippen molar-refractivity contribution in [3.8, 4) is 0 Å². The van der Waals surface area contributed by atoms with E-state index in [0.29, 0.717) is 10.4 Å². The fraction of sp³-hybridized carbons (Fsp3) is 0.455. The number of hydrogen-bond donors (Lipinski definition) is 1. The molecular weight excluding hydrogens is 279 g/mol. The summed E-state index contributed by atoms with van der Waals surface area (Å²) in [6.07, 6.45) is -4.31. The van der Waals surface area contributed by atoms with Gasteiger partial charge < -0.3 is 9.72 Å². The van der Waals surface area contributed by atoms with Crippen molar-refractivity contribution in [1.82, 2.24) is 14.5 Å². The number of H-pyrrole nitrogens is 1. The number of imidazole rings is 1. The van der Waals surface area contributed by atoms with E-state index in [9.17, 15) is 13.2 Å². The fourth-order valence-electron chi connectivity index (χ4n) is 1.68. The Hall–Kier alpha value is -1.41. The van der Waals surface area contributed by atoms with Crippen LogP contribution in [0.1, 0.15) is 5.69 Å². The highest BCUT2D eigenvalue weighted by Crippen LogP contribution is 2.15. The van der Waals surface area contributed by atoms with Crippen LogP contribution in [0.5, 0.6) is 0 Å². The highest BCUT2D eigenvalue weighted by Gasteiger charge is 2.27. The number of aryl methyl sites for hydroxylation is 1. The quantitative estimate of drug-likeness (QED) is 0.695. The number of ether oxygens (including phenoxy) is 1. The molecule has 2 aromatic rings. The van der Waals surface area contributed by atoms with E-state index in [1.165, 1.54) is 0 Å². The van der Waals surface area contributed by atoms with Crippen LogP contribution in [-0.2, 0) is 11.3 Å². The van der Waals surface area contributed by atoms with Gasteiger partial charge in [-0.05, 0) is 31.3 Å². The molecule has 104 valence electrons. The summed E-state index contributed by atoms with van der Waals surface area (Å²) in [5.74, 6) is 0. The summed E-state index contributed by atoms with van der Waals surface area (Å²) < 4.78 is 42.4. The minimum atomic E-state index is -4.31. The Balaban J connectivity index is 2.10. The fourth-order valence-corrected chi connectivity index (χ4v) is 1.96. The minimum absolute atomic E-state index is 0.0730. The van der Waals surface area contributed by atoms with Crippen LogP contribution in [0.25, 0.3) is 11.2 Å². The van der Waals surface area contributed by atoms with Gasteiger partial charge in [0.25, 0.3) is 0 Å². The highest BCUT2D eigenvalue weighted by molar-refractivity contribution is 7.71. The zero-order valence-electron chi connectivity index (χ0n) is 10.1. The third-order valence-corrected chi connectivity index (χ3v) is 2.80. The Morgan fingerprint density at radius 3 is 2.84 bits per heavy atom. The van der Waals surface area contributed by atoms with Crippen LogP contribution in [0.2, 0.25) is 0 Å². The molecule has 0 atom stereocenters. The van der Waals surface area contributed by atoms with Gasteiger partial charge in [-0.25, -0.2) is 4.98 Å². The number of aromatic nitrogens is 3. The first-order chi connectivity index (χ1) is 8.87. The minimum Gasteiger partial charge on any atom is -0.370 e. The molecule has 19 heavy (non-hydrogen) atoms. The number of hydrogen-bond acceptors (Lipinski definition) is 3. The van der Waals surface area contributed by atoms with Gasteiger partial charge >= 0.3 is 6.18 Å². The largest absolute Gasteiger partial charge is 0.411 e. The normalized spacial score (nSPS) is 12.2. The zero-order valence-corrected chi connectivity index (χ0v) is 10.9. The van der Waals surface area contributed by atoms with Gasteiger partial charge in [0.1, 0.15) is 6.61 Å². The van der Waals surface area contributed by atoms with Gasteiger partial charge in [-0.3, -0.25) is 4.57 Å². The first kappa shape index (κ1) is 14.0. The van der Waals surface area contributed by atoms with E-state index >= 15 is 0 Å². The first-order valence-electron chi connectivity index (χ1n) is 5.57. The Morgan fingerprint density at radius 1 is 1.42 bits per heavy atom. The molecule has 2 heterocycles. The molecule has 0 spiro atoms. The second kappa shape index (κ2) is 5.30. The molecule has 2 aromatic heterocycles. The molecule has 0 amide bonds. The molecule has 0 aromatic carbocycles. The van der Waals surface area contributed by atoms with E-state index in [2.05, 4.69) is 14.7 Å². The van der Waals surface area contributed by atoms with Crippen molar-refractivity contribution in [3.05, 3.63) is 22.6 Å². The van der Waals surface area contributed by atoms with Gasteiger partial charge in [0, 0.05) is 5.69 Å². The van der Waals surface area contributed by atoms with Crippen LogP contribution < -0.4 is 0 Å². The summed E-state index contributed by atoms with van der Waals surface area (Å²) in [7, 11) is 0. The lowest BCUT2D eigenvalue weighted by atomic mass is 10.3. The number of nitrogens with zero attached hydrogens (tertiary/aromatic N) is 2. The van der Waals surface area contributed by atoms with Gasteiger partial charge in [-0.15, -0.1) is 0 Å². The number of halogens is 3. The second-order valence-corrected chi connectivity index (χ2v) is 4.46. The average molecular weight is 291 g/mol. The molecule has 0 aliphatic rings. The van der Waals surface area contributed by atoms with E-state index in [4.69, 9.17) is 12.2 Å². The van der Waals surface area contributed by atoms with Gasteiger partial charge in [0.2, 0.25) is 0 Å². The summed E-state index contributed by atoms with van der Waals surface area (Å²) in [6.45, 7) is 0.733. The predicted octanol–water partition coefficient (Wildman–Crippen LogP) is 2.98. The van der Waals surface area contributed by atoms with E-state index in [-0.39, 0.29) is 13.2 Å². The van der Waals surface area contributed by atoms with Crippen LogP contribution in [0, 0.1) is 11.7 Å². The van der Waals surface area contributed by atoms with E-state index in [0.717, 1.165) is 11.2 Å². The summed E-state index contributed by atoms with van der Waals surface area (Å²) in [5.41, 5.74) is 2.19. The van der Waals surface area contributed by atoms with Crippen molar-refractivity contribution in [3.63, 3.8) is 0 Å². The van der Waals surface area contributed by atoms with Crippen LogP contribution in [0.4, 0.5) is 13.2 Å². The number of alkyl halides is 3. The number of nitrogens with one attached hydrogen (secondary N) is 1. The third-order valence-electron chi connectivity index (χ3n) is 2.48. The van der Waals surface area contributed by atoms with E-state index in [1.54, 1.807) is 4.57 Å². The maximum atomic E-state index is 11.9. The number of rotatable bonds is 4. The molecule has 1 N–H and O–H groups in total. The lowest BCUT2D eigenvalue weighted by Gasteiger charge is -2.08. The molecular formula is C11H12F3N3OS. The molecule has 0 aliphatic heterocycles. The van der Waals surface area contributed by atoms with Crippen LogP contribution in [-0.4, -0.2) is 33.9 Å². The number of fused-ring (bicyclic) bond motifs is 1. The molecule has 0 radical (unpaired) electrons. The number of aromatic amines is 1. The summed E-state index contributed by atoms with van der Waals surface area (Å²) in [4.78, 5) is 7.26. The zero-order chi connectivity index (χ0) is 14.0. The monoisotopic (exact) mass is 291 g/mol. The molecule has 0 aliphatic carbocycles. The first-order valence-corrected chi connectivity index (χ1v) is 5.98. The topological polar surface area (TPSA) is 42.8 Å². The van der Waals surface area contributed by atoms with Crippen molar-refractivity contribution < 1.29 is 17.9 Å². The van der Waals surface area contributed by atoms with E-state index in [1.807, 2.05) is 19.1 Å². The van der Waals surface area contributed by atoms with Gasteiger partial charge in [-0.1, -0.05) is 0 Å². The summed E-state index contributed by atoms with van der Waals surface area (Å²) >= 11 is 5.11. The van der Waals surface area contributed by atoms with Crippen LogP contribution in [0.15, 0.2) is 12.1 Å². The molecule has 0 saturated heterocycles. The molecule has 0 unspecified atom stereocenters. The summed E-state index contributed by atoms with van der Waals surface area (Å²) in [5, 5.41) is 0. The molecule has 0 saturated carbocycles. The van der Waals surface area contributed by atoms with Crippen molar-refractivity contribution in [2.24, 2.45) is 0 Å². The van der Waals surface area contributed by atoms with Crippen LogP contribution >= 0.6 is 12.2 Å². The second-order valence-electron chi connectivity index (χ2n) is 4.07. The highest BCUT2D eigenvalue weighted by atomic mass is 32.1. The molecule has 0 fully saturated rings. The van der Waals surface area contributed by atoms with Crippen molar-refractivity contribution in [2.45, 2.75) is 19.6 Å². The Kier molecular flexibility index (Phi) is 3.91. The third kappa shape index (κ3) is 3.54. The van der Waals surface area contributed by atoms with E-state index < -0.39 is 12.8 Å². The molecule has 8 heteroatoms. The number of pyridine rings is 1. The lowest BCUT2D eigenvalue weighted by molar-refractivity contribution is -0.174. The van der Waals surface area contributed by atoms with Crippen LogP contribution in [0.3, 0.4) is 0 Å². The predicted molar refractivity (Wildman–Crippen MR) is 66.5 cm³/mol. The average Bonchev–Trinajstić information content (AvgIpc) is 2.59. The summed E-state index contributed by atoms with van der Waals surface area (Å²) in [6, 6.07) is 3.67. The van der Waals surface area contributed by atoms with Crippen molar-refractivity contribution in [2.75, 3.05) is 13.2 Å². The smallest absolute Gasteiger partial charge is 0.370 e. The standard InChI is InChI=1S/C11H12F3N3OS/c1-7-2-3-8-9(15-7)17(10(19)16-8)4-5-18-6-11(12,13)14/h2-3H,4-6H2,1H3,(H,16,19). The maximum absolute atomic E-state index is 11.9.